The molecule has 0 unspecified atom stereocenters. The van der Waals surface area contributed by atoms with Crippen LogP contribution in [0.3, 0.4) is 0 Å². The van der Waals surface area contributed by atoms with E-state index in [1.54, 1.807) is 0 Å². The Morgan fingerprint density at radius 1 is 1.24 bits per heavy atom. The van der Waals surface area contributed by atoms with Crippen LogP contribution in [0.25, 0.3) is 0 Å². The van der Waals surface area contributed by atoms with Crippen molar-refractivity contribution in [2.75, 3.05) is 24.1 Å². The molecule has 1 atom stereocenters. The molecule has 228 valence electrons. The molecule has 1 aromatic carbocycles. The van der Waals surface area contributed by atoms with Crippen molar-refractivity contribution in [2.24, 2.45) is 0 Å². The number of ether oxygens (including phenoxy) is 3. The molecule has 1 N–H and O–H groups in total. The minimum atomic E-state index is -4.84. The van der Waals surface area contributed by atoms with Crippen LogP contribution in [0.5, 0.6) is 11.6 Å². The fourth-order valence-corrected chi connectivity index (χ4v) is 5.31. The number of esters is 1. The zero-order chi connectivity index (χ0) is 30.8. The number of hydrogen-bond donors (Lipinski definition) is 1. The maximum atomic E-state index is 13.8. The second-order valence-corrected chi connectivity index (χ2v) is 11.4. The van der Waals surface area contributed by atoms with E-state index in [2.05, 4.69) is 9.84 Å². The number of rotatable bonds is 12. The van der Waals surface area contributed by atoms with Crippen molar-refractivity contribution in [2.45, 2.75) is 69.4 Å². The lowest BCUT2D eigenvalue weighted by molar-refractivity contribution is -0.257. The average Bonchev–Trinajstić information content (AvgIpc) is 3.30. The van der Waals surface area contributed by atoms with Gasteiger partial charge in [0.25, 0.3) is 15.9 Å². The Kier molecular flexibility index (Phi) is 9.52. The number of benzene rings is 1. The molecule has 2 heterocycles. The smallest absolute Gasteiger partial charge is 0.427 e. The van der Waals surface area contributed by atoms with Gasteiger partial charge in [0.2, 0.25) is 5.60 Å². The van der Waals surface area contributed by atoms with Crippen LogP contribution in [-0.2, 0) is 30.8 Å². The molecule has 11 nitrogen and oxygen atoms in total. The Morgan fingerprint density at radius 2 is 1.93 bits per heavy atom. The van der Waals surface area contributed by atoms with E-state index in [0.717, 1.165) is 4.31 Å². The first-order valence-corrected chi connectivity index (χ1v) is 13.6. The maximum absolute atomic E-state index is 13.8. The third-order valence-corrected chi connectivity index (χ3v) is 7.70. The van der Waals surface area contributed by atoms with Crippen molar-refractivity contribution in [1.29, 1.82) is 0 Å². The minimum absolute atomic E-state index is 0.0137. The Hall–Kier alpha value is -3.47. The van der Waals surface area contributed by atoms with Crippen molar-refractivity contribution in [3.05, 3.63) is 30.0 Å². The number of Topliss-reactive ketones (excluding diaryl/α,β-unsaturated/α-hetero) is 1. The van der Waals surface area contributed by atoms with E-state index in [1.807, 2.05) is 0 Å². The SMILES string of the molecule is CC(=O)CC[C@H]1CN(S(=O)(=O)c2cn(C(F)F)nc2OCCO)c2cc(CC(=O)OC(C)(C)C(F)(F)F)ccc2O1. The van der Waals surface area contributed by atoms with E-state index in [4.69, 9.17) is 14.6 Å². The standard InChI is InChI=1S/C24H28F5N3O8S/c1-14(34)4-6-16-12-32(41(36,37)19-13-31(22(25)26)30-21(19)38-9-8-33)17-10-15(5-7-18(17)39-16)11-20(35)40-23(2,3)24(27,28)29/h5,7,10,13,16,22,33H,4,6,8-9,11-12H2,1-3H3/t16-/m0/s1. The van der Waals surface area contributed by atoms with Crippen LogP contribution in [0.4, 0.5) is 27.6 Å². The predicted octanol–water partition coefficient (Wildman–Crippen LogP) is 3.40. The first kappa shape index (κ1) is 32.0. The molecule has 17 heteroatoms. The number of halogens is 5. The van der Waals surface area contributed by atoms with Crippen molar-refractivity contribution in [3.63, 3.8) is 0 Å². The number of fused-ring (bicyclic) bond motifs is 1. The van der Waals surface area contributed by atoms with Gasteiger partial charge in [0.15, 0.2) is 4.90 Å². The first-order chi connectivity index (χ1) is 19.0. The molecule has 0 saturated heterocycles. The largest absolute Gasteiger partial charge is 0.486 e. The number of aromatic nitrogens is 2. The summed E-state index contributed by atoms with van der Waals surface area (Å²) in [4.78, 5) is 23.1. The molecule has 1 aliphatic heterocycles. The van der Waals surface area contributed by atoms with Crippen LogP contribution < -0.4 is 13.8 Å². The summed E-state index contributed by atoms with van der Waals surface area (Å²) < 4.78 is 110. The van der Waals surface area contributed by atoms with Crippen molar-refractivity contribution < 1.29 is 59.3 Å². The topological polar surface area (TPSA) is 137 Å². The summed E-state index contributed by atoms with van der Waals surface area (Å²) in [5, 5.41) is 12.5. The van der Waals surface area contributed by atoms with Gasteiger partial charge in [-0.25, -0.2) is 13.1 Å². The number of alkyl halides is 5. The number of nitrogens with zero attached hydrogens (tertiary/aromatic N) is 3. The number of anilines is 1. The molecule has 0 radical (unpaired) electrons. The van der Waals surface area contributed by atoms with Crippen molar-refractivity contribution in [3.8, 4) is 11.6 Å². The normalized spacial score (nSPS) is 15.9. The fraction of sp³-hybridized carbons (Fsp3) is 0.542. The highest BCUT2D eigenvalue weighted by molar-refractivity contribution is 7.93. The van der Waals surface area contributed by atoms with E-state index in [9.17, 15) is 40.0 Å². The number of carbonyl (C=O) groups is 2. The first-order valence-electron chi connectivity index (χ1n) is 12.2. The molecule has 0 amide bonds. The van der Waals surface area contributed by atoms with Gasteiger partial charge >= 0.3 is 18.7 Å². The molecule has 1 aliphatic rings. The molecular formula is C24H28F5N3O8S. The van der Waals surface area contributed by atoms with Crippen LogP contribution in [0.15, 0.2) is 29.3 Å². The third kappa shape index (κ3) is 7.44. The van der Waals surface area contributed by atoms with E-state index in [1.165, 1.54) is 25.1 Å². The molecule has 0 aliphatic carbocycles. The summed E-state index contributed by atoms with van der Waals surface area (Å²) in [5.74, 6) is -2.15. The van der Waals surface area contributed by atoms with Crippen LogP contribution in [0.1, 0.15) is 45.7 Å². The molecule has 1 aromatic heterocycles. The molecular weight excluding hydrogens is 585 g/mol. The molecule has 0 spiro atoms. The summed E-state index contributed by atoms with van der Waals surface area (Å²) in [5.41, 5.74) is -2.86. The molecule has 2 aromatic rings. The lowest BCUT2D eigenvalue weighted by atomic mass is 10.1. The predicted molar refractivity (Wildman–Crippen MR) is 131 cm³/mol. The highest BCUT2D eigenvalue weighted by Gasteiger charge is 2.50. The van der Waals surface area contributed by atoms with E-state index in [0.29, 0.717) is 20.0 Å². The Bertz CT molecular complexity index is 1380. The maximum Gasteiger partial charge on any atom is 0.427 e. The summed E-state index contributed by atoms with van der Waals surface area (Å²) in [6.07, 6.45) is -5.66. The average molecular weight is 614 g/mol. The number of aliphatic hydroxyl groups excluding tert-OH is 1. The Balaban J connectivity index is 2.03. The summed E-state index contributed by atoms with van der Waals surface area (Å²) >= 11 is 0. The molecule has 0 saturated carbocycles. The second kappa shape index (κ2) is 12.2. The lowest BCUT2D eigenvalue weighted by Gasteiger charge is -2.35. The fourth-order valence-electron chi connectivity index (χ4n) is 3.75. The molecule has 3 rings (SSSR count). The summed E-state index contributed by atoms with van der Waals surface area (Å²) in [6, 6.07) is 3.80. The van der Waals surface area contributed by atoms with Gasteiger partial charge in [-0.2, -0.15) is 22.0 Å². The van der Waals surface area contributed by atoms with E-state index < -0.39 is 77.4 Å². The third-order valence-electron chi connectivity index (χ3n) is 5.94. The van der Waals surface area contributed by atoms with Crippen LogP contribution >= 0.6 is 0 Å². The summed E-state index contributed by atoms with van der Waals surface area (Å²) in [7, 11) is -4.73. The van der Waals surface area contributed by atoms with Crippen LogP contribution in [0, 0.1) is 0 Å². The number of aliphatic hydroxyl groups is 1. The number of hydrogen-bond acceptors (Lipinski definition) is 9. The monoisotopic (exact) mass is 613 g/mol. The highest BCUT2D eigenvalue weighted by atomic mass is 32.2. The van der Waals surface area contributed by atoms with Gasteiger partial charge in [-0.1, -0.05) is 6.07 Å². The molecule has 41 heavy (non-hydrogen) atoms. The van der Waals surface area contributed by atoms with Gasteiger partial charge in [-0.3, -0.25) is 9.10 Å². The Morgan fingerprint density at radius 3 is 2.51 bits per heavy atom. The zero-order valence-corrected chi connectivity index (χ0v) is 23.0. The number of ketones is 1. The summed E-state index contributed by atoms with van der Waals surface area (Å²) in [6.45, 7) is -1.95. The second-order valence-electron chi connectivity index (χ2n) is 9.61. The van der Waals surface area contributed by atoms with Gasteiger partial charge in [0, 0.05) is 6.42 Å². The van der Waals surface area contributed by atoms with Gasteiger partial charge < -0.3 is 24.1 Å². The van der Waals surface area contributed by atoms with Gasteiger partial charge in [0.1, 0.15) is 24.2 Å². The van der Waals surface area contributed by atoms with Crippen molar-refractivity contribution >= 4 is 27.5 Å². The Labute approximate surface area is 231 Å². The number of sulfonamides is 1. The van der Waals surface area contributed by atoms with Gasteiger partial charge in [0.05, 0.1) is 31.5 Å². The van der Waals surface area contributed by atoms with Crippen molar-refractivity contribution in [1.82, 2.24) is 9.78 Å². The quantitative estimate of drug-likeness (QED) is 0.282. The van der Waals surface area contributed by atoms with Crippen LogP contribution in [0.2, 0.25) is 0 Å². The van der Waals surface area contributed by atoms with Gasteiger partial charge in [-0.15, -0.1) is 5.10 Å². The zero-order valence-electron chi connectivity index (χ0n) is 22.2. The molecule has 0 fully saturated rings. The van der Waals surface area contributed by atoms with E-state index in [-0.39, 0.29) is 40.3 Å². The highest BCUT2D eigenvalue weighted by Crippen LogP contribution is 2.41. The number of carbonyl (C=O) groups excluding carboxylic acids is 2. The molecule has 0 bridgehead atoms. The van der Waals surface area contributed by atoms with E-state index >= 15 is 0 Å². The lowest BCUT2D eigenvalue weighted by Crippen LogP contribution is -2.44. The van der Waals surface area contributed by atoms with Gasteiger partial charge in [-0.05, 0) is 44.9 Å². The van der Waals surface area contributed by atoms with Crippen LogP contribution in [-0.4, -0.2) is 72.7 Å². The minimum Gasteiger partial charge on any atom is -0.486 e.